The highest BCUT2D eigenvalue weighted by Crippen LogP contribution is 2.34. The molecule has 150 valence electrons. The van der Waals surface area contributed by atoms with E-state index in [9.17, 15) is 13.2 Å². The zero-order chi connectivity index (χ0) is 20.4. The van der Waals surface area contributed by atoms with Crippen LogP contribution in [0, 0.1) is 0 Å². The first-order chi connectivity index (χ1) is 13.9. The number of hydrogen-bond acceptors (Lipinski definition) is 1. The lowest BCUT2D eigenvalue weighted by Gasteiger charge is -2.31. The van der Waals surface area contributed by atoms with Gasteiger partial charge in [0.15, 0.2) is 0 Å². The van der Waals surface area contributed by atoms with Crippen molar-refractivity contribution < 1.29 is 13.2 Å². The van der Waals surface area contributed by atoms with Gasteiger partial charge in [-0.15, -0.1) is 11.6 Å². The number of rotatable bonds is 4. The second kappa shape index (κ2) is 8.21. The summed E-state index contributed by atoms with van der Waals surface area (Å²) in [5.41, 5.74) is 1.86. The minimum atomic E-state index is -4.34. The van der Waals surface area contributed by atoms with Crippen LogP contribution in [0.5, 0.6) is 0 Å². The van der Waals surface area contributed by atoms with E-state index in [0.29, 0.717) is 18.5 Å². The first-order valence-corrected chi connectivity index (χ1v) is 10.1. The molecular formula is C24H21ClF3N. The average Bonchev–Trinajstić information content (AvgIpc) is 2.72. The van der Waals surface area contributed by atoms with Crippen molar-refractivity contribution in [3.63, 3.8) is 0 Å². The number of nitrogens with zero attached hydrogens (tertiary/aromatic N) is 1. The number of alkyl halides is 4. The molecule has 0 aliphatic carbocycles. The fourth-order valence-electron chi connectivity index (χ4n) is 3.77. The van der Waals surface area contributed by atoms with Crippen LogP contribution >= 0.6 is 11.6 Å². The normalized spacial score (nSPS) is 18.1. The molecular weight excluding hydrogens is 395 g/mol. The van der Waals surface area contributed by atoms with Crippen molar-refractivity contribution in [1.29, 1.82) is 0 Å². The third-order valence-electron chi connectivity index (χ3n) is 5.42. The van der Waals surface area contributed by atoms with Crippen molar-refractivity contribution in [3.05, 3.63) is 89.5 Å². The van der Waals surface area contributed by atoms with Crippen LogP contribution < -0.4 is 0 Å². The van der Waals surface area contributed by atoms with Gasteiger partial charge in [-0.05, 0) is 46.0 Å². The molecule has 29 heavy (non-hydrogen) atoms. The van der Waals surface area contributed by atoms with Gasteiger partial charge in [0.25, 0.3) is 0 Å². The van der Waals surface area contributed by atoms with Crippen molar-refractivity contribution in [2.75, 3.05) is 13.1 Å². The molecule has 0 fully saturated rings. The molecule has 0 amide bonds. The van der Waals surface area contributed by atoms with Gasteiger partial charge in [-0.25, -0.2) is 0 Å². The molecule has 0 spiro atoms. The molecule has 0 saturated carbocycles. The van der Waals surface area contributed by atoms with Gasteiger partial charge in [-0.2, -0.15) is 13.2 Å². The number of hydrogen-bond donors (Lipinski definition) is 0. The Labute approximate surface area is 173 Å². The predicted molar refractivity (Wildman–Crippen MR) is 113 cm³/mol. The van der Waals surface area contributed by atoms with E-state index in [1.165, 1.54) is 28.5 Å². The third-order valence-corrected chi connectivity index (χ3v) is 5.85. The van der Waals surface area contributed by atoms with Gasteiger partial charge in [0.2, 0.25) is 0 Å². The molecule has 1 nitrogen and oxygen atoms in total. The van der Waals surface area contributed by atoms with E-state index in [2.05, 4.69) is 35.2 Å². The van der Waals surface area contributed by atoms with Gasteiger partial charge < -0.3 is 0 Å². The summed E-state index contributed by atoms with van der Waals surface area (Å²) in [6, 6.07) is 20.2. The Balaban J connectivity index is 1.43. The van der Waals surface area contributed by atoms with Gasteiger partial charge in [0.1, 0.15) is 0 Å². The largest absolute Gasteiger partial charge is 0.416 e. The van der Waals surface area contributed by atoms with Crippen molar-refractivity contribution in [2.24, 2.45) is 0 Å². The molecule has 1 aliphatic heterocycles. The molecule has 5 heteroatoms. The molecule has 1 heterocycles. The lowest BCUT2D eigenvalue weighted by molar-refractivity contribution is -0.137. The molecule has 1 atom stereocenters. The Bertz CT molecular complexity index is 1040. The molecule has 4 rings (SSSR count). The van der Waals surface area contributed by atoms with E-state index in [-0.39, 0.29) is 5.50 Å². The summed E-state index contributed by atoms with van der Waals surface area (Å²) < 4.78 is 38.9. The quantitative estimate of drug-likeness (QED) is 0.336. The Morgan fingerprint density at radius 3 is 2.48 bits per heavy atom. The Morgan fingerprint density at radius 1 is 0.931 bits per heavy atom. The van der Waals surface area contributed by atoms with Crippen LogP contribution in [0.15, 0.2) is 72.8 Å². The summed E-state index contributed by atoms with van der Waals surface area (Å²) in [5.74, 6) is 0. The SMILES string of the molecule is FC(F)(F)c1cccc(C2=CCN(CCc3ccc4ccccc4c3)C(Cl)C2)c1. The Hall–Kier alpha value is -2.30. The predicted octanol–water partition coefficient (Wildman–Crippen LogP) is 6.76. The molecule has 1 aliphatic rings. The van der Waals surface area contributed by atoms with E-state index in [1.54, 1.807) is 6.07 Å². The van der Waals surface area contributed by atoms with Crippen LogP contribution in [-0.4, -0.2) is 23.5 Å². The number of benzene rings is 3. The third kappa shape index (κ3) is 4.65. The fraction of sp³-hybridized carbons (Fsp3) is 0.250. The molecule has 3 aromatic carbocycles. The lowest BCUT2D eigenvalue weighted by atomic mass is 9.97. The van der Waals surface area contributed by atoms with E-state index >= 15 is 0 Å². The maximum absolute atomic E-state index is 13.0. The Kier molecular flexibility index (Phi) is 5.66. The van der Waals surface area contributed by atoms with Crippen LogP contribution in [0.2, 0.25) is 0 Å². The molecule has 0 aromatic heterocycles. The van der Waals surface area contributed by atoms with Crippen LogP contribution in [0.4, 0.5) is 13.2 Å². The number of halogens is 4. The first kappa shape index (κ1) is 20.0. The van der Waals surface area contributed by atoms with Crippen LogP contribution in [0.25, 0.3) is 16.3 Å². The summed E-state index contributed by atoms with van der Waals surface area (Å²) in [6.45, 7) is 1.44. The summed E-state index contributed by atoms with van der Waals surface area (Å²) in [4.78, 5) is 2.16. The standard InChI is InChI=1S/C24H21ClF3N/c25-23-16-21(20-6-3-7-22(15-20)24(26,27)28)11-13-29(23)12-10-17-8-9-18-4-1-2-5-19(18)14-17/h1-9,11,14-15,23H,10,12-13,16H2. The second-order valence-electron chi connectivity index (χ2n) is 7.37. The van der Waals surface area contributed by atoms with E-state index in [4.69, 9.17) is 11.6 Å². The zero-order valence-corrected chi connectivity index (χ0v) is 16.5. The van der Waals surface area contributed by atoms with Crippen LogP contribution in [-0.2, 0) is 12.6 Å². The molecule has 0 saturated heterocycles. The highest BCUT2D eigenvalue weighted by atomic mass is 35.5. The minimum absolute atomic E-state index is 0.231. The highest BCUT2D eigenvalue weighted by molar-refractivity contribution is 6.21. The average molecular weight is 416 g/mol. The second-order valence-corrected chi connectivity index (χ2v) is 7.88. The Morgan fingerprint density at radius 2 is 1.72 bits per heavy atom. The summed E-state index contributed by atoms with van der Waals surface area (Å²) in [7, 11) is 0. The monoisotopic (exact) mass is 415 g/mol. The zero-order valence-electron chi connectivity index (χ0n) is 15.8. The molecule has 0 bridgehead atoms. The maximum atomic E-state index is 13.0. The maximum Gasteiger partial charge on any atom is 0.416 e. The topological polar surface area (TPSA) is 3.24 Å². The van der Waals surface area contributed by atoms with Gasteiger partial charge >= 0.3 is 6.18 Å². The van der Waals surface area contributed by atoms with Crippen molar-refractivity contribution in [1.82, 2.24) is 4.90 Å². The van der Waals surface area contributed by atoms with E-state index in [0.717, 1.165) is 24.6 Å². The smallest absolute Gasteiger partial charge is 0.283 e. The fourth-order valence-corrected chi connectivity index (χ4v) is 4.11. The van der Waals surface area contributed by atoms with Crippen LogP contribution in [0.1, 0.15) is 23.1 Å². The van der Waals surface area contributed by atoms with Crippen molar-refractivity contribution >= 4 is 27.9 Å². The summed E-state index contributed by atoms with van der Waals surface area (Å²) in [5, 5.41) is 2.44. The molecule has 3 aromatic rings. The van der Waals surface area contributed by atoms with Gasteiger partial charge in [-0.3, -0.25) is 4.90 Å². The van der Waals surface area contributed by atoms with Gasteiger partial charge in [0, 0.05) is 19.5 Å². The summed E-state index contributed by atoms with van der Waals surface area (Å²) >= 11 is 6.58. The molecule has 1 unspecified atom stereocenters. The molecule has 0 N–H and O–H groups in total. The van der Waals surface area contributed by atoms with Gasteiger partial charge in [-0.1, -0.05) is 60.7 Å². The number of fused-ring (bicyclic) bond motifs is 1. The van der Waals surface area contributed by atoms with Crippen LogP contribution in [0.3, 0.4) is 0 Å². The molecule has 0 radical (unpaired) electrons. The van der Waals surface area contributed by atoms with E-state index < -0.39 is 11.7 Å². The van der Waals surface area contributed by atoms with Crippen molar-refractivity contribution in [3.8, 4) is 0 Å². The summed E-state index contributed by atoms with van der Waals surface area (Å²) in [6.07, 6.45) is -0.937. The first-order valence-electron chi connectivity index (χ1n) is 9.62. The van der Waals surface area contributed by atoms with E-state index in [1.807, 2.05) is 18.2 Å². The minimum Gasteiger partial charge on any atom is -0.283 e. The van der Waals surface area contributed by atoms with Gasteiger partial charge in [0.05, 0.1) is 11.1 Å². The highest BCUT2D eigenvalue weighted by Gasteiger charge is 2.31. The van der Waals surface area contributed by atoms with Crippen molar-refractivity contribution in [2.45, 2.75) is 24.5 Å². The lowest BCUT2D eigenvalue weighted by Crippen LogP contribution is -2.36.